The Bertz CT molecular complexity index is 1240. The Morgan fingerprint density at radius 3 is 2.34 bits per heavy atom. The van der Waals surface area contributed by atoms with E-state index < -0.39 is 17.9 Å². The molecule has 2 aromatic carbocycles. The smallest absolute Gasteiger partial charge is 0.264 e. The van der Waals surface area contributed by atoms with Gasteiger partial charge in [0.15, 0.2) is 5.78 Å². The topological polar surface area (TPSA) is 96.0 Å². The van der Waals surface area contributed by atoms with Crippen molar-refractivity contribution in [3.05, 3.63) is 64.7 Å². The average Bonchev–Trinajstić information content (AvgIpc) is 3.19. The highest BCUT2D eigenvalue weighted by Gasteiger charge is 2.45. The minimum absolute atomic E-state index is 0.0254. The third-order valence-electron chi connectivity index (χ3n) is 8.45. The normalized spacial score (nSPS) is 21.6. The maximum atomic E-state index is 13.3. The van der Waals surface area contributed by atoms with Crippen LogP contribution in [0.4, 0.5) is 5.69 Å². The molecule has 2 aromatic rings. The van der Waals surface area contributed by atoms with Gasteiger partial charge >= 0.3 is 0 Å². The summed E-state index contributed by atoms with van der Waals surface area (Å²) < 4.78 is 5.79. The number of carbonyl (C=O) groups is 4. The van der Waals surface area contributed by atoms with Gasteiger partial charge in [0.05, 0.1) is 29.2 Å². The van der Waals surface area contributed by atoms with Gasteiger partial charge in [-0.25, -0.2) is 0 Å². The number of ketones is 2. The van der Waals surface area contributed by atoms with Gasteiger partial charge in [0, 0.05) is 45.4 Å². The molecule has 1 saturated heterocycles. The first-order valence-corrected chi connectivity index (χ1v) is 13.5. The van der Waals surface area contributed by atoms with Gasteiger partial charge < -0.3 is 10.1 Å². The van der Waals surface area contributed by atoms with Gasteiger partial charge in [0.2, 0.25) is 0 Å². The summed E-state index contributed by atoms with van der Waals surface area (Å²) in [6.07, 6.45) is 3.33. The molecule has 8 nitrogen and oxygen atoms in total. The molecule has 0 bridgehead atoms. The number of imide groups is 1. The van der Waals surface area contributed by atoms with E-state index in [2.05, 4.69) is 41.4 Å². The number of nitrogens with one attached hydrogen (secondary N) is 1. The molecule has 1 unspecified atom stereocenters. The number of likely N-dealkylation sites (tertiary alicyclic amines) is 1. The van der Waals surface area contributed by atoms with E-state index in [-0.39, 0.29) is 36.4 Å². The molecule has 8 heteroatoms. The van der Waals surface area contributed by atoms with Crippen LogP contribution in [0, 0.1) is 0 Å². The van der Waals surface area contributed by atoms with Gasteiger partial charge in [-0.05, 0) is 48.9 Å². The lowest BCUT2D eigenvalue weighted by Gasteiger charge is -2.40. The summed E-state index contributed by atoms with van der Waals surface area (Å²) in [6.45, 7) is 5.64. The van der Waals surface area contributed by atoms with E-state index in [1.54, 1.807) is 18.2 Å². The predicted molar refractivity (Wildman–Crippen MR) is 143 cm³/mol. The highest BCUT2D eigenvalue weighted by Crippen LogP contribution is 2.34. The molecule has 38 heavy (non-hydrogen) atoms. The number of amides is 2. The van der Waals surface area contributed by atoms with E-state index in [1.807, 2.05) is 7.11 Å². The number of benzene rings is 2. The van der Waals surface area contributed by atoms with Gasteiger partial charge in [-0.15, -0.1) is 0 Å². The highest BCUT2D eigenvalue weighted by atomic mass is 16.5. The molecule has 0 aromatic heterocycles. The van der Waals surface area contributed by atoms with E-state index in [0.717, 1.165) is 49.4 Å². The summed E-state index contributed by atoms with van der Waals surface area (Å²) in [5.74, 6) is -1.45. The first-order valence-electron chi connectivity index (χ1n) is 13.5. The van der Waals surface area contributed by atoms with Gasteiger partial charge in [0.25, 0.3) is 11.8 Å². The number of piperidine rings is 1. The fraction of sp³-hybridized carbons (Fsp3) is 0.467. The van der Waals surface area contributed by atoms with E-state index in [0.29, 0.717) is 23.4 Å². The Morgan fingerprint density at radius 1 is 0.974 bits per heavy atom. The third-order valence-corrected chi connectivity index (χ3v) is 8.45. The Morgan fingerprint density at radius 2 is 1.68 bits per heavy atom. The predicted octanol–water partition coefficient (Wildman–Crippen LogP) is 3.98. The Balaban J connectivity index is 1.21. The molecule has 2 heterocycles. The molecule has 2 aliphatic heterocycles. The lowest BCUT2D eigenvalue weighted by molar-refractivity contribution is -0.132. The number of ether oxygens (including phenoxy) is 1. The molecule has 200 valence electrons. The fourth-order valence-corrected chi connectivity index (χ4v) is 5.90. The van der Waals surface area contributed by atoms with Crippen LogP contribution in [0.25, 0.3) is 0 Å². The Kier molecular flexibility index (Phi) is 7.45. The molecule has 2 amide bonds. The number of hydrogen-bond donors (Lipinski definition) is 1. The maximum absolute atomic E-state index is 13.3. The molecule has 0 radical (unpaired) electrons. The van der Waals surface area contributed by atoms with Crippen molar-refractivity contribution in [2.75, 3.05) is 25.5 Å². The first kappa shape index (κ1) is 26.3. The van der Waals surface area contributed by atoms with Crippen molar-refractivity contribution in [1.29, 1.82) is 0 Å². The van der Waals surface area contributed by atoms with Crippen molar-refractivity contribution in [1.82, 2.24) is 9.80 Å². The van der Waals surface area contributed by atoms with E-state index in [4.69, 9.17) is 4.74 Å². The van der Waals surface area contributed by atoms with Gasteiger partial charge in [-0.1, -0.05) is 37.3 Å². The van der Waals surface area contributed by atoms with Crippen molar-refractivity contribution in [3.8, 4) is 0 Å². The third kappa shape index (κ3) is 5.02. The quantitative estimate of drug-likeness (QED) is 0.418. The summed E-state index contributed by atoms with van der Waals surface area (Å²) >= 11 is 0. The zero-order valence-electron chi connectivity index (χ0n) is 22.1. The Labute approximate surface area is 223 Å². The minimum atomic E-state index is -0.867. The second kappa shape index (κ2) is 10.8. The van der Waals surface area contributed by atoms with Crippen LogP contribution in [0.15, 0.2) is 42.5 Å². The van der Waals surface area contributed by atoms with Crippen molar-refractivity contribution in [2.24, 2.45) is 0 Å². The fourth-order valence-electron chi connectivity index (χ4n) is 5.90. The number of nitrogens with zero attached hydrogens (tertiary/aromatic N) is 2. The molecule has 1 aliphatic carbocycles. The van der Waals surface area contributed by atoms with Crippen LogP contribution in [0.2, 0.25) is 0 Å². The monoisotopic (exact) mass is 517 g/mol. The SMILES string of the molecule is CCC1(OC)CCN(Cc2ccc(CNc3cccc4c3C(=O)N(C3CCC(=O)CC3=O)C4=O)cc2)CC1. The number of rotatable bonds is 8. The second-order valence-electron chi connectivity index (χ2n) is 10.6. The molecule has 1 saturated carbocycles. The van der Waals surface area contributed by atoms with Crippen molar-refractivity contribution < 1.29 is 23.9 Å². The van der Waals surface area contributed by atoms with Gasteiger partial charge in [0.1, 0.15) is 5.78 Å². The van der Waals surface area contributed by atoms with E-state index in [1.165, 1.54) is 5.56 Å². The zero-order chi connectivity index (χ0) is 26.9. The molecule has 1 N–H and O–H groups in total. The maximum Gasteiger partial charge on any atom is 0.264 e. The van der Waals surface area contributed by atoms with E-state index >= 15 is 0 Å². The number of anilines is 1. The standard InChI is InChI=1S/C30H35N3O5/c1-3-30(38-2)13-15-32(16-14-30)19-21-9-7-20(8-10-21)18-31-24-6-4-5-23-27(24)29(37)33(28(23)36)25-12-11-22(34)17-26(25)35/h4-10,25,31H,3,11-19H2,1-2H3. The minimum Gasteiger partial charge on any atom is -0.380 e. The number of hydrogen-bond acceptors (Lipinski definition) is 7. The lowest BCUT2D eigenvalue weighted by Crippen LogP contribution is -2.47. The Hall–Kier alpha value is -3.36. The molecule has 5 rings (SSSR count). The first-order chi connectivity index (χ1) is 18.3. The molecule has 3 aliphatic rings. The van der Waals surface area contributed by atoms with Crippen LogP contribution in [0.1, 0.15) is 77.3 Å². The van der Waals surface area contributed by atoms with Crippen molar-refractivity contribution >= 4 is 29.1 Å². The van der Waals surface area contributed by atoms with Gasteiger partial charge in [-0.2, -0.15) is 0 Å². The van der Waals surface area contributed by atoms with Crippen LogP contribution in [0.3, 0.4) is 0 Å². The largest absolute Gasteiger partial charge is 0.380 e. The molecule has 2 fully saturated rings. The number of fused-ring (bicyclic) bond motifs is 1. The van der Waals surface area contributed by atoms with Crippen LogP contribution in [-0.4, -0.2) is 65.0 Å². The molecular weight excluding hydrogens is 482 g/mol. The molecular formula is C30H35N3O5. The second-order valence-corrected chi connectivity index (χ2v) is 10.6. The van der Waals surface area contributed by atoms with Crippen LogP contribution < -0.4 is 5.32 Å². The van der Waals surface area contributed by atoms with Crippen LogP contribution >= 0.6 is 0 Å². The number of Topliss-reactive ketones (excluding diaryl/α,β-unsaturated/α-hetero) is 2. The summed E-state index contributed by atoms with van der Waals surface area (Å²) in [5, 5.41) is 3.31. The number of carbonyl (C=O) groups excluding carboxylic acids is 4. The summed E-state index contributed by atoms with van der Waals surface area (Å²) in [4.78, 5) is 54.0. The van der Waals surface area contributed by atoms with Gasteiger partial charge in [-0.3, -0.25) is 29.0 Å². The zero-order valence-corrected chi connectivity index (χ0v) is 22.1. The van der Waals surface area contributed by atoms with Crippen LogP contribution in [0.5, 0.6) is 0 Å². The summed E-state index contributed by atoms with van der Waals surface area (Å²) in [7, 11) is 1.82. The van der Waals surface area contributed by atoms with E-state index in [9.17, 15) is 19.2 Å². The lowest BCUT2D eigenvalue weighted by atomic mass is 9.88. The van der Waals surface area contributed by atoms with Crippen molar-refractivity contribution in [2.45, 2.75) is 70.2 Å². The molecule has 0 spiro atoms. The van der Waals surface area contributed by atoms with Crippen LogP contribution in [-0.2, 0) is 27.4 Å². The summed E-state index contributed by atoms with van der Waals surface area (Å²) in [5.41, 5.74) is 3.49. The average molecular weight is 518 g/mol. The molecule has 1 atom stereocenters. The number of methoxy groups -OCH3 is 1. The highest BCUT2D eigenvalue weighted by molar-refractivity contribution is 6.25. The van der Waals surface area contributed by atoms with Crippen molar-refractivity contribution in [3.63, 3.8) is 0 Å². The summed E-state index contributed by atoms with van der Waals surface area (Å²) in [6, 6.07) is 12.7.